The first-order valence-corrected chi connectivity index (χ1v) is 13.4. The maximum absolute atomic E-state index is 6.78. The molecule has 1 aromatic heterocycles. The van der Waals surface area contributed by atoms with Gasteiger partial charge in [-0.25, -0.2) is 5.01 Å². The number of hydrazone groups is 1. The highest BCUT2D eigenvalue weighted by Crippen LogP contribution is 2.51. The summed E-state index contributed by atoms with van der Waals surface area (Å²) in [4.78, 5) is 3.77. The third-order valence-electron chi connectivity index (χ3n) is 6.70. The second-order valence-corrected chi connectivity index (χ2v) is 12.1. The molecule has 3 aliphatic heterocycles. The van der Waals surface area contributed by atoms with Gasteiger partial charge in [0.05, 0.1) is 20.4 Å². The van der Waals surface area contributed by atoms with E-state index in [1.165, 1.54) is 16.0 Å². The van der Waals surface area contributed by atoms with E-state index >= 15 is 0 Å². The lowest BCUT2D eigenvalue weighted by molar-refractivity contribution is -0.150. The molecule has 2 aromatic carbocycles. The van der Waals surface area contributed by atoms with Crippen LogP contribution in [-0.2, 0) is 6.54 Å². The molecule has 0 unspecified atom stereocenters. The Morgan fingerprint density at radius 2 is 1.84 bits per heavy atom. The Bertz CT molecular complexity index is 1170. The zero-order valence-electron chi connectivity index (χ0n) is 17.5. The molecule has 0 N–H and O–H groups in total. The van der Waals surface area contributed by atoms with Crippen LogP contribution in [0.2, 0.25) is 0 Å². The Labute approximate surface area is 209 Å². The lowest BCUT2D eigenvalue weighted by atomic mass is 9.91. The first-order valence-electron chi connectivity index (χ1n) is 11.0. The molecule has 3 aliphatic rings. The average molecular weight is 573 g/mol. The predicted octanol–water partition coefficient (Wildman–Crippen LogP) is 6.81. The van der Waals surface area contributed by atoms with Crippen molar-refractivity contribution in [1.82, 2.24) is 9.91 Å². The molecule has 7 heteroatoms. The Morgan fingerprint density at radius 3 is 2.59 bits per heavy atom. The average Bonchev–Trinajstić information content (AvgIpc) is 3.44. The Kier molecular flexibility index (Phi) is 5.41. The smallest absolute Gasteiger partial charge is 0.200 e. The summed E-state index contributed by atoms with van der Waals surface area (Å²) in [5, 5.41) is 7.49. The molecule has 0 aliphatic carbocycles. The molecular formula is C25H23Br2N3OS. The van der Waals surface area contributed by atoms with Crippen LogP contribution < -0.4 is 4.74 Å². The summed E-state index contributed by atoms with van der Waals surface area (Å²) in [5.41, 5.74) is 3.37. The van der Waals surface area contributed by atoms with Crippen LogP contribution in [0.15, 0.2) is 74.0 Å². The number of nitrogens with zero attached hydrogens (tertiary/aromatic N) is 3. The lowest BCUT2D eigenvalue weighted by Crippen LogP contribution is -2.59. The largest absolute Gasteiger partial charge is 0.466 e. The molecule has 3 aromatic rings. The first kappa shape index (κ1) is 20.9. The molecular weight excluding hydrogens is 550 g/mol. The van der Waals surface area contributed by atoms with Crippen LogP contribution in [0, 0.1) is 0 Å². The van der Waals surface area contributed by atoms with Gasteiger partial charge in [-0.05, 0) is 51.8 Å². The molecule has 4 heterocycles. The van der Waals surface area contributed by atoms with Crippen molar-refractivity contribution in [2.75, 3.05) is 13.1 Å². The van der Waals surface area contributed by atoms with Crippen molar-refractivity contribution in [3.8, 4) is 5.75 Å². The van der Waals surface area contributed by atoms with Gasteiger partial charge in [0.25, 0.3) is 0 Å². The second kappa shape index (κ2) is 8.28. The van der Waals surface area contributed by atoms with Crippen LogP contribution in [0.4, 0.5) is 0 Å². The van der Waals surface area contributed by atoms with Crippen molar-refractivity contribution < 1.29 is 4.74 Å². The van der Waals surface area contributed by atoms with Crippen molar-refractivity contribution >= 4 is 48.9 Å². The summed E-state index contributed by atoms with van der Waals surface area (Å²) in [5.74, 6) is 1.01. The minimum absolute atomic E-state index is 0.216. The summed E-state index contributed by atoms with van der Waals surface area (Å²) in [6, 6.07) is 21.6. The zero-order chi connectivity index (χ0) is 21.7. The number of thiophene rings is 1. The van der Waals surface area contributed by atoms with Gasteiger partial charge in [0.1, 0.15) is 5.75 Å². The van der Waals surface area contributed by atoms with E-state index in [0.717, 1.165) is 58.6 Å². The van der Waals surface area contributed by atoms with Crippen molar-refractivity contribution in [1.29, 1.82) is 0 Å². The van der Waals surface area contributed by atoms with Crippen molar-refractivity contribution in [3.63, 3.8) is 0 Å². The summed E-state index contributed by atoms with van der Waals surface area (Å²) in [6.07, 6.45) is 2.79. The second-order valence-electron chi connectivity index (χ2n) is 8.71. The minimum atomic E-state index is -0.380. The van der Waals surface area contributed by atoms with Gasteiger partial charge in [-0.1, -0.05) is 46.3 Å². The van der Waals surface area contributed by atoms with Crippen LogP contribution in [0.3, 0.4) is 0 Å². The van der Waals surface area contributed by atoms with Gasteiger partial charge in [0.15, 0.2) is 0 Å². The highest BCUT2D eigenvalue weighted by molar-refractivity contribution is 9.11. The Hall–Kier alpha value is -1.67. The fraction of sp³-hybridized carbons (Fsp3) is 0.320. The normalized spacial score (nSPS) is 21.8. The van der Waals surface area contributed by atoms with Crippen molar-refractivity contribution in [3.05, 3.63) is 84.9 Å². The molecule has 1 atom stereocenters. The van der Waals surface area contributed by atoms with Crippen molar-refractivity contribution in [2.45, 2.75) is 37.6 Å². The third-order valence-corrected chi connectivity index (χ3v) is 8.87. The molecule has 0 radical (unpaired) electrons. The molecule has 1 saturated heterocycles. The van der Waals surface area contributed by atoms with Crippen LogP contribution in [0.1, 0.15) is 41.3 Å². The first-order chi connectivity index (χ1) is 15.6. The highest BCUT2D eigenvalue weighted by Gasteiger charge is 2.51. The molecule has 0 bridgehead atoms. The number of piperidine rings is 1. The molecule has 32 heavy (non-hydrogen) atoms. The Morgan fingerprint density at radius 1 is 1.03 bits per heavy atom. The molecule has 4 nitrogen and oxygen atoms in total. The number of likely N-dealkylation sites (tertiary alicyclic amines) is 1. The topological polar surface area (TPSA) is 28.1 Å². The van der Waals surface area contributed by atoms with Crippen LogP contribution in [0.25, 0.3) is 0 Å². The van der Waals surface area contributed by atoms with Gasteiger partial charge in [-0.2, -0.15) is 5.10 Å². The number of fused-ring (bicyclic) bond motifs is 4. The van der Waals surface area contributed by atoms with E-state index in [0.29, 0.717) is 0 Å². The van der Waals surface area contributed by atoms with Crippen LogP contribution in [0.5, 0.6) is 5.75 Å². The van der Waals surface area contributed by atoms with Gasteiger partial charge in [0.2, 0.25) is 5.72 Å². The number of rotatable bonds is 3. The maximum atomic E-state index is 6.78. The Balaban J connectivity index is 1.31. The monoisotopic (exact) mass is 571 g/mol. The number of hydrogen-bond donors (Lipinski definition) is 0. The fourth-order valence-corrected chi connectivity index (χ4v) is 6.86. The maximum Gasteiger partial charge on any atom is 0.200 e. The van der Waals surface area contributed by atoms with Gasteiger partial charge >= 0.3 is 0 Å². The number of ether oxygens (including phenoxy) is 1. The van der Waals surface area contributed by atoms with E-state index in [9.17, 15) is 0 Å². The SMILES string of the molecule is Brc1ccc2c(c1)[C@@H]1CC(c3ccc(Br)s3)=NN1C1(CCN(Cc3ccccc3)CC1)O2. The third kappa shape index (κ3) is 3.73. The van der Waals surface area contributed by atoms with E-state index in [1.807, 2.05) is 0 Å². The van der Waals surface area contributed by atoms with E-state index < -0.39 is 0 Å². The van der Waals surface area contributed by atoms with Gasteiger partial charge in [-0.3, -0.25) is 4.90 Å². The predicted molar refractivity (Wildman–Crippen MR) is 136 cm³/mol. The standard InChI is InChI=1S/C25H23Br2N3OS/c26-18-6-7-22-19(14-18)21-15-20(23-8-9-24(27)32-23)28-30(21)25(31-22)10-12-29(13-11-25)16-17-4-2-1-3-5-17/h1-9,14,21H,10-13,15-16H2/t21-/m0/s1. The van der Waals surface area contributed by atoms with Gasteiger partial charge in [0, 0.05) is 48.9 Å². The van der Waals surface area contributed by atoms with E-state index in [4.69, 9.17) is 9.84 Å². The van der Waals surface area contributed by atoms with Crippen LogP contribution >= 0.6 is 43.2 Å². The van der Waals surface area contributed by atoms with Gasteiger partial charge in [-0.15, -0.1) is 11.3 Å². The molecule has 1 fully saturated rings. The molecule has 164 valence electrons. The minimum Gasteiger partial charge on any atom is -0.466 e. The molecule has 0 saturated carbocycles. The summed E-state index contributed by atoms with van der Waals surface area (Å²) < 4.78 is 9.01. The van der Waals surface area contributed by atoms with E-state index in [1.54, 1.807) is 11.3 Å². The summed E-state index contributed by atoms with van der Waals surface area (Å²) >= 11 is 9.02. The zero-order valence-corrected chi connectivity index (χ0v) is 21.5. The molecule has 1 spiro atoms. The van der Waals surface area contributed by atoms with E-state index in [-0.39, 0.29) is 11.8 Å². The van der Waals surface area contributed by atoms with Crippen molar-refractivity contribution in [2.24, 2.45) is 5.10 Å². The highest BCUT2D eigenvalue weighted by atomic mass is 79.9. The van der Waals surface area contributed by atoms with Gasteiger partial charge < -0.3 is 4.74 Å². The number of halogens is 2. The van der Waals surface area contributed by atoms with Crippen LogP contribution in [-0.4, -0.2) is 34.4 Å². The van der Waals surface area contributed by atoms with E-state index in [2.05, 4.69) is 102 Å². The quantitative estimate of drug-likeness (QED) is 0.345. The molecule has 6 rings (SSSR count). The number of benzene rings is 2. The lowest BCUT2D eigenvalue weighted by Gasteiger charge is -2.51. The summed E-state index contributed by atoms with van der Waals surface area (Å²) in [6.45, 7) is 2.99. The summed E-state index contributed by atoms with van der Waals surface area (Å²) in [7, 11) is 0. The fourth-order valence-electron chi connectivity index (χ4n) is 5.10. The molecule has 0 amide bonds. The number of hydrogen-bond acceptors (Lipinski definition) is 5.